The molecule has 0 bridgehead atoms. The summed E-state index contributed by atoms with van der Waals surface area (Å²) in [5.41, 5.74) is 0.552. The third-order valence-corrected chi connectivity index (χ3v) is 4.08. The van der Waals surface area contributed by atoms with E-state index in [0.29, 0.717) is 23.2 Å². The van der Waals surface area contributed by atoms with Crippen LogP contribution >= 0.6 is 11.6 Å². The highest BCUT2D eigenvalue weighted by molar-refractivity contribution is 6.31. The Kier molecular flexibility index (Phi) is 5.16. The average Bonchev–Trinajstić information content (AvgIpc) is 2.37. The van der Waals surface area contributed by atoms with Gasteiger partial charge in [0, 0.05) is 49.4 Å². The number of nitrogens with zero attached hydrogens (tertiary/aromatic N) is 2. The number of halogens is 2. The first-order valence-corrected chi connectivity index (χ1v) is 6.98. The van der Waals surface area contributed by atoms with Crippen molar-refractivity contribution in [2.45, 2.75) is 12.6 Å². The van der Waals surface area contributed by atoms with Crippen molar-refractivity contribution >= 4 is 11.6 Å². The predicted octanol–water partition coefficient (Wildman–Crippen LogP) is 1.81. The van der Waals surface area contributed by atoms with Crippen LogP contribution in [0.1, 0.15) is 5.56 Å². The quantitative estimate of drug-likeness (QED) is 0.910. The molecule has 1 aliphatic heterocycles. The molecule has 0 amide bonds. The summed E-state index contributed by atoms with van der Waals surface area (Å²) in [6, 6.07) is 5.26. The molecular formula is C14H21ClFN3. The Morgan fingerprint density at radius 1 is 1.37 bits per heavy atom. The largest absolute Gasteiger partial charge is 0.311 e. The highest BCUT2D eigenvalue weighted by Crippen LogP contribution is 2.18. The molecule has 106 valence electrons. The highest BCUT2D eigenvalue weighted by atomic mass is 35.5. The lowest BCUT2D eigenvalue weighted by atomic mass is 10.1. The molecule has 1 atom stereocenters. The molecule has 1 aliphatic rings. The van der Waals surface area contributed by atoms with Crippen LogP contribution in [0.5, 0.6) is 0 Å². The van der Waals surface area contributed by atoms with Gasteiger partial charge in [0.05, 0.1) is 0 Å². The van der Waals surface area contributed by atoms with Crippen molar-refractivity contribution in [3.05, 3.63) is 34.6 Å². The fourth-order valence-electron chi connectivity index (χ4n) is 2.39. The molecule has 1 N–H and O–H groups in total. The van der Waals surface area contributed by atoms with Crippen LogP contribution in [0.3, 0.4) is 0 Å². The van der Waals surface area contributed by atoms with Gasteiger partial charge in [-0.15, -0.1) is 0 Å². The van der Waals surface area contributed by atoms with Crippen molar-refractivity contribution in [3.63, 3.8) is 0 Å². The number of hydrogen-bond acceptors (Lipinski definition) is 3. The van der Waals surface area contributed by atoms with E-state index in [0.717, 1.165) is 26.2 Å². The van der Waals surface area contributed by atoms with Crippen molar-refractivity contribution in [2.24, 2.45) is 0 Å². The first kappa shape index (κ1) is 14.7. The molecule has 1 fully saturated rings. The summed E-state index contributed by atoms with van der Waals surface area (Å²) in [6.45, 7) is 4.52. The molecule has 0 radical (unpaired) electrons. The molecule has 2 rings (SSSR count). The Hall–Kier alpha value is -0.680. The van der Waals surface area contributed by atoms with Gasteiger partial charge in [-0.1, -0.05) is 17.7 Å². The van der Waals surface area contributed by atoms with Gasteiger partial charge in [-0.2, -0.15) is 0 Å². The van der Waals surface area contributed by atoms with E-state index in [4.69, 9.17) is 11.6 Å². The van der Waals surface area contributed by atoms with E-state index in [9.17, 15) is 4.39 Å². The van der Waals surface area contributed by atoms with Crippen LogP contribution < -0.4 is 5.32 Å². The second kappa shape index (κ2) is 6.66. The van der Waals surface area contributed by atoms with Crippen LogP contribution in [0.2, 0.25) is 5.02 Å². The van der Waals surface area contributed by atoms with Crippen molar-refractivity contribution in [2.75, 3.05) is 40.3 Å². The topological polar surface area (TPSA) is 18.5 Å². The van der Waals surface area contributed by atoms with Crippen LogP contribution in [-0.4, -0.2) is 56.1 Å². The zero-order chi connectivity index (χ0) is 13.8. The van der Waals surface area contributed by atoms with Crippen molar-refractivity contribution in [1.29, 1.82) is 0 Å². The van der Waals surface area contributed by atoms with Crippen LogP contribution in [0.25, 0.3) is 0 Å². The third kappa shape index (κ3) is 3.89. The summed E-state index contributed by atoms with van der Waals surface area (Å²) in [5, 5.41) is 3.80. The summed E-state index contributed by atoms with van der Waals surface area (Å²) in [6.07, 6.45) is 0. The number of piperazine rings is 1. The predicted molar refractivity (Wildman–Crippen MR) is 77.0 cm³/mol. The first-order valence-electron chi connectivity index (χ1n) is 6.60. The smallest absolute Gasteiger partial charge is 0.129 e. The summed E-state index contributed by atoms with van der Waals surface area (Å²) in [5.74, 6) is -0.242. The van der Waals surface area contributed by atoms with Gasteiger partial charge in [-0.3, -0.25) is 4.90 Å². The number of rotatable bonds is 4. The molecule has 1 unspecified atom stereocenters. The Labute approximate surface area is 119 Å². The lowest BCUT2D eigenvalue weighted by molar-refractivity contribution is 0.113. The van der Waals surface area contributed by atoms with Crippen molar-refractivity contribution in [1.82, 2.24) is 15.1 Å². The number of hydrogen-bond donors (Lipinski definition) is 1. The normalized spacial score (nSPS) is 21.8. The van der Waals surface area contributed by atoms with E-state index in [1.807, 2.05) is 0 Å². The molecule has 3 nitrogen and oxygen atoms in total. The zero-order valence-corrected chi connectivity index (χ0v) is 12.3. The monoisotopic (exact) mass is 285 g/mol. The van der Waals surface area contributed by atoms with Crippen molar-refractivity contribution in [3.8, 4) is 0 Å². The number of benzene rings is 1. The van der Waals surface area contributed by atoms with Gasteiger partial charge < -0.3 is 10.2 Å². The molecule has 1 aromatic carbocycles. The molecule has 1 heterocycles. The Morgan fingerprint density at radius 3 is 2.89 bits per heavy atom. The van der Waals surface area contributed by atoms with Crippen LogP contribution in [0.15, 0.2) is 18.2 Å². The minimum Gasteiger partial charge on any atom is -0.311 e. The van der Waals surface area contributed by atoms with Gasteiger partial charge in [0.1, 0.15) is 5.82 Å². The fraction of sp³-hybridized carbons (Fsp3) is 0.571. The molecule has 0 spiro atoms. The molecule has 0 aromatic heterocycles. The number of likely N-dealkylation sites (N-methyl/N-ethyl adjacent to an activating group) is 2. The molecular weight excluding hydrogens is 265 g/mol. The van der Waals surface area contributed by atoms with E-state index in [2.05, 4.69) is 29.2 Å². The lowest BCUT2D eigenvalue weighted by Crippen LogP contribution is -2.53. The van der Waals surface area contributed by atoms with E-state index in [-0.39, 0.29) is 5.82 Å². The lowest BCUT2D eigenvalue weighted by Gasteiger charge is -2.37. The average molecular weight is 286 g/mol. The maximum atomic E-state index is 13.6. The third-order valence-electron chi connectivity index (χ3n) is 3.72. The van der Waals surface area contributed by atoms with Gasteiger partial charge in [-0.05, 0) is 26.2 Å². The zero-order valence-electron chi connectivity index (χ0n) is 11.5. The molecule has 1 saturated heterocycles. The maximum absolute atomic E-state index is 13.6. The molecule has 1 aromatic rings. The highest BCUT2D eigenvalue weighted by Gasteiger charge is 2.21. The maximum Gasteiger partial charge on any atom is 0.129 e. The van der Waals surface area contributed by atoms with Gasteiger partial charge in [0.15, 0.2) is 0 Å². The summed E-state index contributed by atoms with van der Waals surface area (Å²) < 4.78 is 13.6. The first-order chi connectivity index (χ1) is 9.08. The van der Waals surface area contributed by atoms with E-state index in [1.54, 1.807) is 12.1 Å². The Balaban J connectivity index is 1.86. The van der Waals surface area contributed by atoms with Crippen LogP contribution in [0, 0.1) is 5.82 Å². The van der Waals surface area contributed by atoms with Crippen LogP contribution in [0.4, 0.5) is 4.39 Å². The fourth-order valence-corrected chi connectivity index (χ4v) is 2.62. The Morgan fingerprint density at radius 2 is 2.16 bits per heavy atom. The van der Waals surface area contributed by atoms with E-state index in [1.165, 1.54) is 6.07 Å². The van der Waals surface area contributed by atoms with Gasteiger partial charge in [-0.25, -0.2) is 4.39 Å². The van der Waals surface area contributed by atoms with Crippen LogP contribution in [-0.2, 0) is 6.54 Å². The standard InChI is InChI=1S/C14H21ClFN3/c1-18-6-7-19(2)11(10-18)8-17-9-12-13(15)4-3-5-14(12)16/h3-5,11,17H,6-10H2,1-2H3. The van der Waals surface area contributed by atoms with Crippen molar-refractivity contribution < 1.29 is 4.39 Å². The molecule has 5 heteroatoms. The van der Waals surface area contributed by atoms with E-state index < -0.39 is 0 Å². The molecule has 0 saturated carbocycles. The van der Waals surface area contributed by atoms with Gasteiger partial charge in [0.2, 0.25) is 0 Å². The number of nitrogens with one attached hydrogen (secondary N) is 1. The summed E-state index contributed by atoms with van der Waals surface area (Å²) in [7, 11) is 4.27. The minimum absolute atomic E-state index is 0.242. The molecule has 0 aliphatic carbocycles. The SMILES string of the molecule is CN1CCN(C)C(CNCc2c(F)cccc2Cl)C1. The van der Waals surface area contributed by atoms with E-state index >= 15 is 0 Å². The second-order valence-corrected chi connectivity index (χ2v) is 5.63. The summed E-state index contributed by atoms with van der Waals surface area (Å²) >= 11 is 6.00. The van der Waals surface area contributed by atoms with Gasteiger partial charge >= 0.3 is 0 Å². The molecule has 19 heavy (non-hydrogen) atoms. The Bertz CT molecular complexity index is 407. The minimum atomic E-state index is -0.242. The van der Waals surface area contributed by atoms with Gasteiger partial charge in [0.25, 0.3) is 0 Å². The second-order valence-electron chi connectivity index (χ2n) is 5.23. The summed E-state index contributed by atoms with van der Waals surface area (Å²) in [4.78, 5) is 4.67.